The van der Waals surface area contributed by atoms with Crippen LogP contribution in [0.4, 0.5) is 5.13 Å². The number of benzene rings is 2. The van der Waals surface area contributed by atoms with E-state index in [1.54, 1.807) is 16.2 Å². The Morgan fingerprint density at radius 1 is 1.14 bits per heavy atom. The Hall–Kier alpha value is -2.46. The number of carbonyl (C=O) groups excluding carboxylic acids is 1. The topological polar surface area (TPSA) is 33.2 Å². The summed E-state index contributed by atoms with van der Waals surface area (Å²) in [4.78, 5) is 19.2. The summed E-state index contributed by atoms with van der Waals surface area (Å²) in [7, 11) is 0. The number of hydrogen-bond donors (Lipinski definition) is 0. The van der Waals surface area contributed by atoms with E-state index < -0.39 is 0 Å². The van der Waals surface area contributed by atoms with Gasteiger partial charge in [-0.1, -0.05) is 48.2 Å². The van der Waals surface area contributed by atoms with Crippen molar-refractivity contribution in [3.8, 4) is 0 Å². The van der Waals surface area contributed by atoms with Crippen molar-refractivity contribution in [2.24, 2.45) is 0 Å². The highest BCUT2D eigenvalue weighted by Gasteiger charge is 2.29. The molecule has 1 aliphatic heterocycles. The van der Waals surface area contributed by atoms with Crippen LogP contribution in [0.15, 0.2) is 49.0 Å². The molecule has 0 saturated heterocycles. The van der Waals surface area contributed by atoms with Crippen molar-refractivity contribution in [3.63, 3.8) is 0 Å². The zero-order valence-electron chi connectivity index (χ0n) is 12.2. The van der Waals surface area contributed by atoms with Crippen LogP contribution in [0.2, 0.25) is 0 Å². The third-order valence-electron chi connectivity index (χ3n) is 3.97. The lowest BCUT2D eigenvalue weighted by Crippen LogP contribution is -2.36. The normalized spacial score (nSPS) is 14.5. The average molecular weight is 306 g/mol. The van der Waals surface area contributed by atoms with Crippen LogP contribution < -0.4 is 4.90 Å². The minimum atomic E-state index is -0.000269. The van der Waals surface area contributed by atoms with E-state index in [1.807, 2.05) is 49.4 Å². The predicted molar refractivity (Wildman–Crippen MR) is 91.5 cm³/mol. The van der Waals surface area contributed by atoms with Gasteiger partial charge in [-0.05, 0) is 35.8 Å². The lowest BCUT2D eigenvalue weighted by Gasteiger charge is -2.27. The number of thiazole rings is 1. The van der Waals surface area contributed by atoms with E-state index in [4.69, 9.17) is 0 Å². The predicted octanol–water partition coefficient (Wildman–Crippen LogP) is 4.28. The molecule has 1 aliphatic rings. The van der Waals surface area contributed by atoms with Crippen molar-refractivity contribution in [1.29, 1.82) is 0 Å². The zero-order valence-corrected chi connectivity index (χ0v) is 13.0. The monoisotopic (exact) mass is 306 g/mol. The van der Waals surface area contributed by atoms with E-state index in [0.29, 0.717) is 12.1 Å². The summed E-state index contributed by atoms with van der Waals surface area (Å²) in [6.07, 6.45) is 0. The Bertz CT molecular complexity index is 926. The molecule has 108 valence electrons. The molecule has 0 spiro atoms. The Balaban J connectivity index is 1.84. The van der Waals surface area contributed by atoms with Crippen LogP contribution in [0, 0.1) is 6.92 Å². The van der Waals surface area contributed by atoms with Crippen molar-refractivity contribution in [3.05, 3.63) is 65.7 Å². The van der Waals surface area contributed by atoms with E-state index in [0.717, 1.165) is 32.0 Å². The van der Waals surface area contributed by atoms with Gasteiger partial charge in [-0.2, -0.15) is 0 Å². The quantitative estimate of drug-likeness (QED) is 0.672. The molecule has 0 fully saturated rings. The maximum absolute atomic E-state index is 12.8. The molecule has 1 amide bonds. The first-order chi connectivity index (χ1) is 10.6. The third-order valence-corrected chi connectivity index (χ3v) is 5.02. The summed E-state index contributed by atoms with van der Waals surface area (Å²) in [5.41, 5.74) is 4.70. The van der Waals surface area contributed by atoms with Gasteiger partial charge in [0, 0.05) is 5.56 Å². The lowest BCUT2D eigenvalue weighted by molar-refractivity contribution is 0.0987. The van der Waals surface area contributed by atoms with Crippen molar-refractivity contribution in [2.75, 3.05) is 11.4 Å². The summed E-state index contributed by atoms with van der Waals surface area (Å²) in [6, 6.07) is 13.7. The molecule has 3 nitrogen and oxygen atoms in total. The van der Waals surface area contributed by atoms with Crippen molar-refractivity contribution < 1.29 is 4.79 Å². The number of carbonyl (C=O) groups is 1. The molecule has 0 aliphatic carbocycles. The number of hydrogen-bond acceptors (Lipinski definition) is 3. The molecule has 1 aromatic heterocycles. The Kier molecular flexibility index (Phi) is 2.87. The second kappa shape index (κ2) is 4.78. The highest BCUT2D eigenvalue weighted by atomic mass is 32.1. The Labute approximate surface area is 132 Å². The van der Waals surface area contributed by atoms with Gasteiger partial charge in [0.15, 0.2) is 5.13 Å². The molecule has 0 N–H and O–H groups in total. The highest BCUT2D eigenvalue weighted by Crippen LogP contribution is 2.35. The molecule has 2 heterocycles. The molecule has 0 bridgehead atoms. The summed E-state index contributed by atoms with van der Waals surface area (Å²) in [5.74, 6) is -0.000269. The fourth-order valence-corrected chi connectivity index (χ4v) is 3.86. The van der Waals surface area contributed by atoms with Crippen molar-refractivity contribution >= 4 is 38.2 Å². The second-order valence-corrected chi connectivity index (χ2v) is 6.47. The van der Waals surface area contributed by atoms with Crippen LogP contribution in [-0.2, 0) is 0 Å². The molecule has 0 saturated carbocycles. The van der Waals surface area contributed by atoms with Gasteiger partial charge >= 0.3 is 0 Å². The second-order valence-electron chi connectivity index (χ2n) is 5.46. The van der Waals surface area contributed by atoms with Gasteiger partial charge in [-0.25, -0.2) is 4.98 Å². The van der Waals surface area contributed by atoms with E-state index >= 15 is 0 Å². The molecular weight excluding hydrogens is 292 g/mol. The third kappa shape index (κ3) is 1.88. The summed E-state index contributed by atoms with van der Waals surface area (Å²) in [6.45, 7) is 6.65. The molecule has 4 rings (SSSR count). The summed E-state index contributed by atoms with van der Waals surface area (Å²) >= 11 is 1.55. The van der Waals surface area contributed by atoms with Gasteiger partial charge in [0.1, 0.15) is 0 Å². The molecule has 0 unspecified atom stereocenters. The Morgan fingerprint density at radius 2 is 1.91 bits per heavy atom. The fourth-order valence-electron chi connectivity index (χ4n) is 2.82. The maximum Gasteiger partial charge on any atom is 0.260 e. The molecule has 4 heteroatoms. The Morgan fingerprint density at radius 3 is 2.68 bits per heavy atom. The smallest absolute Gasteiger partial charge is 0.260 e. The first kappa shape index (κ1) is 13.2. The molecule has 0 radical (unpaired) electrons. The van der Waals surface area contributed by atoms with Gasteiger partial charge in [0.05, 0.1) is 16.8 Å². The minimum absolute atomic E-state index is 0.000269. The van der Waals surface area contributed by atoms with Crippen LogP contribution >= 0.6 is 11.3 Å². The summed E-state index contributed by atoms with van der Waals surface area (Å²) in [5, 5.41) is 0.741. The number of rotatable bonds is 1. The average Bonchev–Trinajstić information content (AvgIpc) is 2.96. The van der Waals surface area contributed by atoms with E-state index in [2.05, 4.69) is 11.6 Å². The number of nitrogens with zero attached hydrogens (tertiary/aromatic N) is 2. The zero-order chi connectivity index (χ0) is 15.3. The van der Waals surface area contributed by atoms with Crippen LogP contribution in [0.25, 0.3) is 15.8 Å². The lowest BCUT2D eigenvalue weighted by atomic mass is 9.96. The minimum Gasteiger partial charge on any atom is -0.279 e. The van der Waals surface area contributed by atoms with Crippen LogP contribution in [0.1, 0.15) is 21.5 Å². The maximum atomic E-state index is 12.8. The number of fused-ring (bicyclic) bond motifs is 2. The number of amides is 1. The first-order valence-electron chi connectivity index (χ1n) is 7.10. The van der Waals surface area contributed by atoms with E-state index in [-0.39, 0.29) is 5.91 Å². The number of aromatic nitrogens is 1. The van der Waals surface area contributed by atoms with Gasteiger partial charge in [-0.3, -0.25) is 9.69 Å². The molecule has 2 aromatic carbocycles. The van der Waals surface area contributed by atoms with E-state index in [9.17, 15) is 4.79 Å². The SMILES string of the molecule is C=C1CN(c2nc3c(C)cccc3s2)C(=O)c2ccccc21. The van der Waals surface area contributed by atoms with Crippen LogP contribution in [-0.4, -0.2) is 17.4 Å². The number of aryl methyl sites for hydroxylation is 1. The highest BCUT2D eigenvalue weighted by molar-refractivity contribution is 7.22. The largest absolute Gasteiger partial charge is 0.279 e. The van der Waals surface area contributed by atoms with Crippen LogP contribution in [0.5, 0.6) is 0 Å². The van der Waals surface area contributed by atoms with E-state index in [1.165, 1.54) is 0 Å². The molecular formula is C18H14N2OS. The van der Waals surface area contributed by atoms with Gasteiger partial charge < -0.3 is 0 Å². The fraction of sp³-hybridized carbons (Fsp3) is 0.111. The number of para-hydroxylation sites is 1. The molecule has 22 heavy (non-hydrogen) atoms. The van der Waals surface area contributed by atoms with Crippen LogP contribution in [0.3, 0.4) is 0 Å². The van der Waals surface area contributed by atoms with Crippen molar-refractivity contribution in [1.82, 2.24) is 4.98 Å². The first-order valence-corrected chi connectivity index (χ1v) is 7.92. The molecule has 0 atom stereocenters. The van der Waals surface area contributed by atoms with Gasteiger partial charge in [0.25, 0.3) is 5.91 Å². The number of anilines is 1. The van der Waals surface area contributed by atoms with Gasteiger partial charge in [-0.15, -0.1) is 0 Å². The molecule has 3 aromatic rings. The van der Waals surface area contributed by atoms with Crippen molar-refractivity contribution in [2.45, 2.75) is 6.92 Å². The summed E-state index contributed by atoms with van der Waals surface area (Å²) < 4.78 is 1.10. The standard InChI is InChI=1S/C18H14N2OS/c1-11-6-5-9-15-16(11)19-18(22-15)20-10-12(2)13-7-3-4-8-14(13)17(20)21/h3-9H,2,10H2,1H3. The van der Waals surface area contributed by atoms with Gasteiger partial charge in [0.2, 0.25) is 0 Å².